The van der Waals surface area contributed by atoms with Gasteiger partial charge >= 0.3 is 0 Å². The monoisotopic (exact) mass is 200 g/mol. The van der Waals surface area contributed by atoms with Gasteiger partial charge in [0.25, 0.3) is 0 Å². The molecule has 0 aliphatic rings. The number of nitriles is 2. The standard InChI is InChI=1S/C10H6N3O2/c11-6-9(7-12)4-8-2-1-3-10(5-8)13(14)15/h1-5,14H/q-1. The second-order valence-corrected chi connectivity index (χ2v) is 2.65. The fourth-order valence-corrected chi connectivity index (χ4v) is 0.990. The number of nitrogens with zero attached hydrogens (tertiary/aromatic N) is 3. The van der Waals surface area contributed by atoms with Crippen molar-refractivity contribution >= 4 is 11.8 Å². The number of hydrogen-bond donors (Lipinski definition) is 1. The quantitative estimate of drug-likeness (QED) is 0.580. The summed E-state index contributed by atoms with van der Waals surface area (Å²) in [6, 6.07) is 9.31. The molecule has 5 heteroatoms. The smallest absolute Gasteiger partial charge is 0.130 e. The van der Waals surface area contributed by atoms with Crippen LogP contribution in [-0.4, -0.2) is 5.21 Å². The molecule has 0 unspecified atom stereocenters. The van der Waals surface area contributed by atoms with E-state index in [9.17, 15) is 5.21 Å². The van der Waals surface area contributed by atoms with Crippen LogP contribution in [0.15, 0.2) is 29.8 Å². The lowest BCUT2D eigenvalue weighted by atomic mass is 10.1. The van der Waals surface area contributed by atoms with Crippen LogP contribution in [0, 0.1) is 27.9 Å². The highest BCUT2D eigenvalue weighted by Gasteiger charge is 1.96. The van der Waals surface area contributed by atoms with Gasteiger partial charge in [0.05, 0.1) is 5.69 Å². The summed E-state index contributed by atoms with van der Waals surface area (Å²) < 4.78 is 0. The van der Waals surface area contributed by atoms with Crippen molar-refractivity contribution in [2.75, 3.05) is 5.23 Å². The molecule has 0 atom stereocenters. The van der Waals surface area contributed by atoms with E-state index in [1.165, 1.54) is 24.3 Å². The number of allylic oxidation sites excluding steroid dienone is 1. The van der Waals surface area contributed by atoms with Gasteiger partial charge in [0.2, 0.25) is 0 Å². The van der Waals surface area contributed by atoms with Crippen molar-refractivity contribution in [2.45, 2.75) is 0 Å². The third kappa shape index (κ3) is 2.82. The van der Waals surface area contributed by atoms with Gasteiger partial charge in [0, 0.05) is 0 Å². The highest BCUT2D eigenvalue weighted by atomic mass is 16.8. The fraction of sp³-hybridized carbons (Fsp3) is 0. The first-order chi connectivity index (χ1) is 7.17. The molecular weight excluding hydrogens is 194 g/mol. The van der Waals surface area contributed by atoms with Gasteiger partial charge in [-0.1, -0.05) is 12.1 Å². The van der Waals surface area contributed by atoms with Gasteiger partial charge in [-0.25, -0.2) is 0 Å². The van der Waals surface area contributed by atoms with Gasteiger partial charge < -0.3 is 10.4 Å². The summed E-state index contributed by atoms with van der Waals surface area (Å²) in [5.41, 5.74) is 0.474. The molecule has 0 aliphatic heterocycles. The first kappa shape index (κ1) is 10.7. The van der Waals surface area contributed by atoms with E-state index in [4.69, 9.17) is 15.7 Å². The number of anilines is 1. The second kappa shape index (κ2) is 4.77. The molecule has 0 bridgehead atoms. The zero-order valence-electron chi connectivity index (χ0n) is 7.58. The maximum absolute atomic E-state index is 10.5. The van der Waals surface area contributed by atoms with Gasteiger partial charge in [-0.3, -0.25) is 5.21 Å². The Kier molecular flexibility index (Phi) is 3.42. The molecular formula is C10H6N3O2-. The Labute approximate surface area is 86.2 Å². The summed E-state index contributed by atoms with van der Waals surface area (Å²) in [5, 5.41) is 35.9. The van der Waals surface area contributed by atoms with Crippen LogP contribution >= 0.6 is 0 Å². The first-order valence-electron chi connectivity index (χ1n) is 3.95. The van der Waals surface area contributed by atoms with Crippen molar-refractivity contribution < 1.29 is 5.21 Å². The molecule has 1 N–H and O–H groups in total. The predicted molar refractivity (Wildman–Crippen MR) is 53.3 cm³/mol. The van der Waals surface area contributed by atoms with Crippen molar-refractivity contribution in [3.8, 4) is 12.1 Å². The number of benzene rings is 1. The number of rotatable bonds is 2. The highest BCUT2D eigenvalue weighted by Crippen LogP contribution is 2.15. The van der Waals surface area contributed by atoms with E-state index in [0.29, 0.717) is 5.56 Å². The Morgan fingerprint density at radius 3 is 2.60 bits per heavy atom. The lowest BCUT2D eigenvalue weighted by Crippen LogP contribution is -2.06. The van der Waals surface area contributed by atoms with E-state index in [-0.39, 0.29) is 16.5 Å². The minimum atomic E-state index is -0.282. The molecule has 74 valence electrons. The van der Waals surface area contributed by atoms with Crippen LogP contribution in [0.25, 0.3) is 6.08 Å². The van der Waals surface area contributed by atoms with Gasteiger partial charge in [-0.05, 0) is 23.8 Å². The van der Waals surface area contributed by atoms with Crippen LogP contribution in [-0.2, 0) is 0 Å². The van der Waals surface area contributed by atoms with Crippen molar-refractivity contribution in [3.05, 3.63) is 40.6 Å². The third-order valence-electron chi connectivity index (χ3n) is 1.64. The van der Waals surface area contributed by atoms with Gasteiger partial charge in [-0.2, -0.15) is 10.5 Å². The minimum absolute atomic E-state index is 0.0407. The van der Waals surface area contributed by atoms with Crippen molar-refractivity contribution in [3.63, 3.8) is 0 Å². The Morgan fingerprint density at radius 1 is 1.40 bits per heavy atom. The second-order valence-electron chi connectivity index (χ2n) is 2.65. The molecule has 0 amide bonds. The Bertz CT molecular complexity index is 450. The Hall–Kier alpha value is -2.34. The van der Waals surface area contributed by atoms with Crippen LogP contribution in [0.1, 0.15) is 5.56 Å². The first-order valence-corrected chi connectivity index (χ1v) is 3.95. The predicted octanol–water partition coefficient (Wildman–Crippen LogP) is 1.81. The van der Waals surface area contributed by atoms with E-state index in [2.05, 4.69) is 0 Å². The highest BCUT2D eigenvalue weighted by molar-refractivity contribution is 5.65. The van der Waals surface area contributed by atoms with E-state index in [1.807, 2.05) is 0 Å². The topological polar surface area (TPSA) is 94.1 Å². The van der Waals surface area contributed by atoms with Crippen molar-refractivity contribution in [1.82, 2.24) is 0 Å². The lowest BCUT2D eigenvalue weighted by Gasteiger charge is -2.21. The summed E-state index contributed by atoms with van der Waals surface area (Å²) in [7, 11) is 0. The summed E-state index contributed by atoms with van der Waals surface area (Å²) in [6.07, 6.45) is 1.33. The van der Waals surface area contributed by atoms with E-state index >= 15 is 0 Å². The van der Waals surface area contributed by atoms with Gasteiger partial charge in [-0.15, -0.1) is 0 Å². The molecule has 15 heavy (non-hydrogen) atoms. The molecule has 0 saturated heterocycles. The summed E-state index contributed by atoms with van der Waals surface area (Å²) in [5.74, 6) is 0. The molecule has 0 aromatic heterocycles. The molecule has 1 rings (SSSR count). The molecule has 1 aromatic carbocycles. The van der Waals surface area contributed by atoms with Crippen molar-refractivity contribution in [1.29, 1.82) is 10.5 Å². The van der Waals surface area contributed by atoms with Crippen LogP contribution < -0.4 is 5.23 Å². The molecule has 0 heterocycles. The van der Waals surface area contributed by atoms with Crippen LogP contribution in [0.4, 0.5) is 5.69 Å². The Balaban J connectivity index is 3.08. The third-order valence-corrected chi connectivity index (χ3v) is 1.64. The summed E-state index contributed by atoms with van der Waals surface area (Å²) >= 11 is 0. The molecule has 0 fully saturated rings. The lowest BCUT2D eigenvalue weighted by molar-refractivity contribution is 0.296. The van der Waals surface area contributed by atoms with Crippen LogP contribution in [0.2, 0.25) is 0 Å². The largest absolute Gasteiger partial charge is 0.733 e. The minimum Gasteiger partial charge on any atom is -0.733 e. The molecule has 5 nitrogen and oxygen atoms in total. The van der Waals surface area contributed by atoms with Gasteiger partial charge in [0.1, 0.15) is 17.7 Å². The van der Waals surface area contributed by atoms with E-state index in [0.717, 1.165) is 0 Å². The maximum atomic E-state index is 10.5. The molecule has 0 spiro atoms. The molecule has 0 saturated carbocycles. The van der Waals surface area contributed by atoms with Crippen LogP contribution in [0.5, 0.6) is 0 Å². The van der Waals surface area contributed by atoms with E-state index < -0.39 is 0 Å². The summed E-state index contributed by atoms with van der Waals surface area (Å²) in [4.78, 5) is 0. The van der Waals surface area contributed by atoms with E-state index in [1.54, 1.807) is 18.2 Å². The molecule has 1 aromatic rings. The number of hydrogen-bond acceptors (Lipinski definition) is 5. The van der Waals surface area contributed by atoms with Crippen molar-refractivity contribution in [2.24, 2.45) is 0 Å². The molecule has 0 radical (unpaired) electrons. The fourth-order valence-electron chi connectivity index (χ4n) is 0.990. The normalized spacial score (nSPS) is 8.53. The maximum Gasteiger partial charge on any atom is 0.130 e. The average molecular weight is 200 g/mol. The summed E-state index contributed by atoms with van der Waals surface area (Å²) in [6.45, 7) is 0. The SMILES string of the molecule is N#CC(C#N)=Cc1cccc(N([O-])O)c1. The van der Waals surface area contributed by atoms with Crippen LogP contribution in [0.3, 0.4) is 0 Å². The zero-order valence-corrected chi connectivity index (χ0v) is 7.58. The molecule has 0 aliphatic carbocycles. The zero-order chi connectivity index (χ0) is 11.3. The van der Waals surface area contributed by atoms with Gasteiger partial charge in [0.15, 0.2) is 0 Å². The Morgan fingerprint density at radius 2 is 2.07 bits per heavy atom. The average Bonchev–Trinajstić information content (AvgIpc) is 2.26.